The van der Waals surface area contributed by atoms with E-state index in [9.17, 15) is 12.3 Å². The second-order valence-electron chi connectivity index (χ2n) is 2.38. The van der Waals surface area contributed by atoms with E-state index in [0.29, 0.717) is 12.2 Å². The largest absolute Gasteiger partial charge is 0.349 e. The van der Waals surface area contributed by atoms with Crippen LogP contribution in [0.2, 0.25) is 0 Å². The maximum atomic E-state index is 12.5. The Balaban J connectivity index is 3.33. The Morgan fingerprint density at radius 1 is 1.67 bits per heavy atom. The van der Waals surface area contributed by atoms with Crippen molar-refractivity contribution < 1.29 is 12.3 Å². The molecule has 0 spiro atoms. The molecule has 0 unspecified atom stereocenters. The van der Waals surface area contributed by atoms with Gasteiger partial charge in [-0.2, -0.15) is 13.5 Å². The van der Waals surface area contributed by atoms with Gasteiger partial charge in [0, 0.05) is 12.6 Å². The summed E-state index contributed by atoms with van der Waals surface area (Å²) < 4.78 is 34.6. The standard InChI is InChI=1S/C6H9FN2O2S/c1-3-9-6(12(7,10)11)4-5(2)8-9/h4H,3H2,1-2H3. The molecule has 68 valence electrons. The number of nitrogens with zero attached hydrogens (tertiary/aromatic N) is 2. The van der Waals surface area contributed by atoms with Gasteiger partial charge in [0.05, 0.1) is 5.69 Å². The minimum atomic E-state index is -4.62. The fraction of sp³-hybridized carbons (Fsp3) is 0.500. The monoisotopic (exact) mass is 192 g/mol. The van der Waals surface area contributed by atoms with Crippen LogP contribution < -0.4 is 0 Å². The summed E-state index contributed by atoms with van der Waals surface area (Å²) in [5.41, 5.74) is 0.494. The van der Waals surface area contributed by atoms with E-state index >= 15 is 0 Å². The van der Waals surface area contributed by atoms with Crippen LogP contribution in [-0.2, 0) is 16.8 Å². The third kappa shape index (κ3) is 1.63. The molecule has 0 saturated heterocycles. The SMILES string of the molecule is CCn1nc(C)cc1S(=O)(=O)F. The predicted molar refractivity (Wildman–Crippen MR) is 40.9 cm³/mol. The lowest BCUT2D eigenvalue weighted by atomic mass is 10.5. The lowest BCUT2D eigenvalue weighted by Crippen LogP contribution is -2.05. The van der Waals surface area contributed by atoms with Gasteiger partial charge >= 0.3 is 10.2 Å². The molecule has 0 aliphatic heterocycles. The molecule has 0 saturated carbocycles. The molecule has 0 amide bonds. The van der Waals surface area contributed by atoms with E-state index in [-0.39, 0.29) is 5.03 Å². The second kappa shape index (κ2) is 2.85. The van der Waals surface area contributed by atoms with Crippen LogP contribution in [0.5, 0.6) is 0 Å². The molecule has 1 rings (SSSR count). The van der Waals surface area contributed by atoms with Crippen molar-refractivity contribution in [1.29, 1.82) is 0 Å². The average Bonchev–Trinajstić information content (AvgIpc) is 2.29. The predicted octanol–water partition coefficient (Wildman–Crippen LogP) is 0.870. The molecular formula is C6H9FN2O2S. The Morgan fingerprint density at radius 3 is 2.58 bits per heavy atom. The third-order valence-corrected chi connectivity index (χ3v) is 2.24. The van der Waals surface area contributed by atoms with Crippen molar-refractivity contribution in [2.45, 2.75) is 25.4 Å². The highest BCUT2D eigenvalue weighted by atomic mass is 32.3. The topological polar surface area (TPSA) is 52.0 Å². The van der Waals surface area contributed by atoms with Crippen molar-refractivity contribution in [1.82, 2.24) is 9.78 Å². The van der Waals surface area contributed by atoms with Gasteiger partial charge in [-0.25, -0.2) is 0 Å². The number of aromatic nitrogens is 2. The fourth-order valence-electron chi connectivity index (χ4n) is 0.945. The minimum Gasteiger partial charge on any atom is -0.252 e. The summed E-state index contributed by atoms with van der Waals surface area (Å²) in [6.45, 7) is 3.65. The summed E-state index contributed by atoms with van der Waals surface area (Å²) in [4.78, 5) is 0. The molecule has 0 aliphatic carbocycles. The first-order valence-electron chi connectivity index (χ1n) is 3.44. The Morgan fingerprint density at radius 2 is 2.25 bits per heavy atom. The Labute approximate surface area is 70.2 Å². The van der Waals surface area contributed by atoms with E-state index in [2.05, 4.69) is 5.10 Å². The van der Waals surface area contributed by atoms with Crippen molar-refractivity contribution in [2.75, 3.05) is 0 Å². The van der Waals surface area contributed by atoms with Crippen LogP contribution in [0.1, 0.15) is 12.6 Å². The van der Waals surface area contributed by atoms with Gasteiger partial charge in [0.25, 0.3) is 0 Å². The number of aryl methyl sites for hydroxylation is 2. The molecule has 0 aliphatic rings. The van der Waals surface area contributed by atoms with E-state index in [1.807, 2.05) is 0 Å². The number of hydrogen-bond acceptors (Lipinski definition) is 3. The molecule has 1 aromatic rings. The zero-order chi connectivity index (χ0) is 9.35. The van der Waals surface area contributed by atoms with Crippen LogP contribution in [0.15, 0.2) is 11.1 Å². The molecule has 4 nitrogen and oxygen atoms in total. The first-order chi connectivity index (χ1) is 5.45. The summed E-state index contributed by atoms with van der Waals surface area (Å²) in [5.74, 6) is 0. The third-order valence-electron chi connectivity index (χ3n) is 1.41. The summed E-state index contributed by atoms with van der Waals surface area (Å²) in [7, 11) is -4.62. The number of rotatable bonds is 2. The normalized spacial score (nSPS) is 11.9. The van der Waals surface area contributed by atoms with Crippen LogP contribution in [0.3, 0.4) is 0 Å². The highest BCUT2D eigenvalue weighted by molar-refractivity contribution is 7.86. The van der Waals surface area contributed by atoms with Crippen LogP contribution in [0, 0.1) is 6.92 Å². The Hall–Kier alpha value is -0.910. The van der Waals surface area contributed by atoms with Crippen LogP contribution in [0.25, 0.3) is 0 Å². The van der Waals surface area contributed by atoms with Crippen LogP contribution >= 0.6 is 0 Å². The van der Waals surface area contributed by atoms with Gasteiger partial charge in [-0.3, -0.25) is 4.68 Å². The summed E-state index contributed by atoms with van der Waals surface area (Å²) in [5, 5.41) is 3.42. The van der Waals surface area contributed by atoms with Crippen molar-refractivity contribution in [2.24, 2.45) is 0 Å². The van der Waals surface area contributed by atoms with Crippen molar-refractivity contribution in [3.63, 3.8) is 0 Å². The smallest absolute Gasteiger partial charge is 0.252 e. The lowest BCUT2D eigenvalue weighted by molar-refractivity contribution is 0.519. The molecule has 0 radical (unpaired) electrons. The molecule has 0 atom stereocenters. The Kier molecular flexibility index (Phi) is 2.18. The van der Waals surface area contributed by atoms with E-state index in [1.54, 1.807) is 13.8 Å². The molecule has 1 heterocycles. The number of halogens is 1. The molecule has 0 bridgehead atoms. The highest BCUT2D eigenvalue weighted by Gasteiger charge is 2.18. The van der Waals surface area contributed by atoms with E-state index in [0.717, 1.165) is 4.68 Å². The van der Waals surface area contributed by atoms with Gasteiger partial charge in [0.1, 0.15) is 0 Å². The van der Waals surface area contributed by atoms with Gasteiger partial charge in [-0.15, -0.1) is 0 Å². The van der Waals surface area contributed by atoms with Gasteiger partial charge in [0.2, 0.25) is 0 Å². The summed E-state index contributed by atoms with van der Waals surface area (Å²) in [6.07, 6.45) is 0. The fourth-order valence-corrected chi connectivity index (χ4v) is 1.68. The maximum Gasteiger partial charge on any atom is 0.349 e. The van der Waals surface area contributed by atoms with Gasteiger partial charge < -0.3 is 0 Å². The number of hydrogen-bond donors (Lipinski definition) is 0. The molecular weight excluding hydrogens is 183 g/mol. The minimum absolute atomic E-state index is 0.340. The van der Waals surface area contributed by atoms with E-state index in [4.69, 9.17) is 0 Å². The highest BCUT2D eigenvalue weighted by Crippen LogP contribution is 2.13. The van der Waals surface area contributed by atoms with Gasteiger partial charge in [-0.1, -0.05) is 3.89 Å². The zero-order valence-electron chi connectivity index (χ0n) is 6.78. The van der Waals surface area contributed by atoms with Gasteiger partial charge in [0.15, 0.2) is 5.03 Å². The molecule has 0 aromatic carbocycles. The van der Waals surface area contributed by atoms with Crippen molar-refractivity contribution >= 4 is 10.2 Å². The lowest BCUT2D eigenvalue weighted by Gasteiger charge is -1.97. The van der Waals surface area contributed by atoms with Gasteiger partial charge in [-0.05, 0) is 13.8 Å². The first-order valence-corrected chi connectivity index (χ1v) is 4.82. The van der Waals surface area contributed by atoms with E-state index < -0.39 is 10.2 Å². The Bertz CT molecular complexity index is 382. The molecule has 1 aromatic heterocycles. The van der Waals surface area contributed by atoms with Crippen molar-refractivity contribution in [3.05, 3.63) is 11.8 Å². The first kappa shape index (κ1) is 9.18. The maximum absolute atomic E-state index is 12.5. The molecule has 0 fully saturated rings. The van der Waals surface area contributed by atoms with Crippen LogP contribution in [0.4, 0.5) is 3.89 Å². The second-order valence-corrected chi connectivity index (χ2v) is 3.67. The quantitative estimate of drug-likeness (QED) is 0.653. The van der Waals surface area contributed by atoms with Crippen molar-refractivity contribution in [3.8, 4) is 0 Å². The zero-order valence-corrected chi connectivity index (χ0v) is 7.60. The molecule has 12 heavy (non-hydrogen) atoms. The molecule has 0 N–H and O–H groups in total. The van der Waals surface area contributed by atoms with Crippen LogP contribution in [-0.4, -0.2) is 18.2 Å². The summed E-state index contributed by atoms with van der Waals surface area (Å²) >= 11 is 0. The molecule has 6 heteroatoms. The average molecular weight is 192 g/mol. The summed E-state index contributed by atoms with van der Waals surface area (Å²) in [6, 6.07) is 1.21. The van der Waals surface area contributed by atoms with E-state index in [1.165, 1.54) is 6.07 Å².